The van der Waals surface area contributed by atoms with E-state index < -0.39 is 0 Å². The number of hydrogen-bond acceptors (Lipinski definition) is 3. The SMILES string of the molecule is CC12CCCCC1C2C(=O)NN=Cc1cc(Br)c(OCc2ccccc2Cl)c(Br)c1. The molecule has 3 unspecified atom stereocenters. The number of halogens is 3. The van der Waals surface area contributed by atoms with Gasteiger partial charge in [0.15, 0.2) is 0 Å². The van der Waals surface area contributed by atoms with Gasteiger partial charge in [-0.2, -0.15) is 5.10 Å². The van der Waals surface area contributed by atoms with Gasteiger partial charge in [0, 0.05) is 16.5 Å². The van der Waals surface area contributed by atoms with Gasteiger partial charge < -0.3 is 4.74 Å². The molecule has 2 aliphatic rings. The number of nitrogens with zero attached hydrogens (tertiary/aromatic N) is 1. The number of carbonyl (C=O) groups is 1. The van der Waals surface area contributed by atoms with Gasteiger partial charge in [-0.15, -0.1) is 0 Å². The van der Waals surface area contributed by atoms with E-state index in [1.165, 1.54) is 12.8 Å². The molecule has 0 aromatic heterocycles. The van der Waals surface area contributed by atoms with E-state index in [1.54, 1.807) is 6.21 Å². The summed E-state index contributed by atoms with van der Waals surface area (Å²) in [5.74, 6) is 1.36. The third-order valence-corrected chi connectivity index (χ3v) is 7.90. The van der Waals surface area contributed by atoms with Crippen molar-refractivity contribution < 1.29 is 9.53 Å². The lowest BCUT2D eigenvalue weighted by molar-refractivity contribution is -0.123. The summed E-state index contributed by atoms with van der Waals surface area (Å²) in [6, 6.07) is 11.4. The predicted octanol–water partition coefficient (Wildman–Crippen LogP) is 6.72. The molecule has 2 fully saturated rings. The molecule has 0 aliphatic heterocycles. The maximum atomic E-state index is 12.5. The van der Waals surface area contributed by atoms with Crippen molar-refractivity contribution in [2.75, 3.05) is 0 Å². The molecule has 158 valence electrons. The lowest BCUT2D eigenvalue weighted by Crippen LogP contribution is -2.22. The minimum Gasteiger partial charge on any atom is -0.486 e. The Balaban J connectivity index is 1.37. The molecule has 2 aliphatic carbocycles. The fourth-order valence-corrected chi connectivity index (χ4v) is 6.29. The standard InChI is InChI=1S/C23H23Br2ClN2O2/c1-23-9-5-4-7-16(23)20(23)22(29)28-27-12-14-10-17(24)21(18(25)11-14)30-13-15-6-2-3-8-19(15)26/h2-3,6,8,10-12,16,20H,4-5,7,9,13H2,1H3,(H,28,29). The molecular weight excluding hydrogens is 532 g/mol. The normalized spacial score (nSPS) is 25.1. The van der Waals surface area contributed by atoms with E-state index >= 15 is 0 Å². The molecule has 0 heterocycles. The Morgan fingerprint density at radius 3 is 2.70 bits per heavy atom. The third-order valence-electron chi connectivity index (χ3n) is 6.35. The number of carbonyl (C=O) groups excluding carboxylic acids is 1. The minimum atomic E-state index is 0.0403. The van der Waals surface area contributed by atoms with Crippen molar-refractivity contribution >= 4 is 55.6 Å². The van der Waals surface area contributed by atoms with Gasteiger partial charge in [0.1, 0.15) is 12.4 Å². The molecule has 0 saturated heterocycles. The Hall–Kier alpha value is -1.37. The molecule has 7 heteroatoms. The third kappa shape index (κ3) is 4.46. The van der Waals surface area contributed by atoms with Crippen LogP contribution in [-0.2, 0) is 11.4 Å². The fraction of sp³-hybridized carbons (Fsp3) is 0.391. The number of hydrazone groups is 1. The molecular formula is C23H23Br2ClN2O2. The van der Waals surface area contributed by atoms with E-state index in [4.69, 9.17) is 16.3 Å². The molecule has 0 spiro atoms. The highest BCUT2D eigenvalue weighted by Crippen LogP contribution is 2.66. The molecule has 2 saturated carbocycles. The topological polar surface area (TPSA) is 50.7 Å². The highest BCUT2D eigenvalue weighted by atomic mass is 79.9. The summed E-state index contributed by atoms with van der Waals surface area (Å²) in [6.07, 6.45) is 6.43. The molecule has 0 radical (unpaired) electrons. The van der Waals surface area contributed by atoms with E-state index in [9.17, 15) is 4.79 Å². The highest BCUT2D eigenvalue weighted by molar-refractivity contribution is 9.11. The number of ether oxygens (including phenoxy) is 1. The first-order valence-electron chi connectivity index (χ1n) is 10.1. The molecule has 0 bridgehead atoms. The molecule has 4 rings (SSSR count). The van der Waals surface area contributed by atoms with Crippen LogP contribution < -0.4 is 10.2 Å². The Kier molecular flexibility index (Phi) is 6.56. The lowest BCUT2D eigenvalue weighted by atomic mass is 9.90. The quantitative estimate of drug-likeness (QED) is 0.318. The Labute approximate surface area is 198 Å². The van der Waals surface area contributed by atoms with Crippen molar-refractivity contribution in [1.29, 1.82) is 0 Å². The summed E-state index contributed by atoms with van der Waals surface area (Å²) in [4.78, 5) is 12.5. The van der Waals surface area contributed by atoms with Crippen LogP contribution in [0, 0.1) is 17.3 Å². The van der Waals surface area contributed by atoms with Crippen LogP contribution >= 0.6 is 43.5 Å². The highest BCUT2D eigenvalue weighted by Gasteiger charge is 2.64. The number of benzene rings is 2. The average molecular weight is 555 g/mol. The summed E-state index contributed by atoms with van der Waals surface area (Å²) in [6.45, 7) is 2.60. The second kappa shape index (κ2) is 9.01. The molecule has 30 heavy (non-hydrogen) atoms. The number of hydrogen-bond donors (Lipinski definition) is 1. The van der Waals surface area contributed by atoms with E-state index in [2.05, 4.69) is 49.3 Å². The zero-order chi connectivity index (χ0) is 21.3. The summed E-state index contributed by atoms with van der Waals surface area (Å²) in [5.41, 5.74) is 4.68. The van der Waals surface area contributed by atoms with Crippen LogP contribution in [0.4, 0.5) is 0 Å². The van der Waals surface area contributed by atoms with Crippen molar-refractivity contribution in [3.8, 4) is 5.75 Å². The molecule has 2 aromatic carbocycles. The van der Waals surface area contributed by atoms with Gasteiger partial charge in [0.2, 0.25) is 5.91 Å². The van der Waals surface area contributed by atoms with Crippen molar-refractivity contribution in [1.82, 2.24) is 5.43 Å². The summed E-state index contributed by atoms with van der Waals surface area (Å²) >= 11 is 13.3. The number of amides is 1. The first-order chi connectivity index (χ1) is 14.4. The molecule has 4 nitrogen and oxygen atoms in total. The summed E-state index contributed by atoms with van der Waals surface area (Å²) in [5, 5.41) is 4.86. The smallest absolute Gasteiger partial charge is 0.244 e. The maximum Gasteiger partial charge on any atom is 0.244 e. The number of rotatable bonds is 6. The van der Waals surface area contributed by atoms with Gasteiger partial charge in [-0.25, -0.2) is 5.43 Å². The molecule has 3 atom stereocenters. The Morgan fingerprint density at radius 1 is 1.30 bits per heavy atom. The first-order valence-corrected chi connectivity index (χ1v) is 12.0. The van der Waals surface area contributed by atoms with Crippen LogP contribution in [0.2, 0.25) is 5.02 Å². The number of nitrogens with one attached hydrogen (secondary N) is 1. The molecule has 2 aromatic rings. The van der Waals surface area contributed by atoms with Gasteiger partial charge in [-0.05, 0) is 79.8 Å². The van der Waals surface area contributed by atoms with Crippen LogP contribution in [0.15, 0.2) is 50.4 Å². The average Bonchev–Trinajstić information content (AvgIpc) is 3.34. The Bertz CT molecular complexity index is 974. The van der Waals surface area contributed by atoms with E-state index in [0.29, 0.717) is 23.3 Å². The van der Waals surface area contributed by atoms with Crippen molar-refractivity contribution in [3.05, 3.63) is 61.5 Å². The van der Waals surface area contributed by atoms with Gasteiger partial charge in [0.25, 0.3) is 0 Å². The summed E-state index contributed by atoms with van der Waals surface area (Å²) < 4.78 is 7.52. The van der Waals surface area contributed by atoms with Crippen LogP contribution in [-0.4, -0.2) is 12.1 Å². The van der Waals surface area contributed by atoms with Crippen molar-refractivity contribution in [3.63, 3.8) is 0 Å². The van der Waals surface area contributed by atoms with Gasteiger partial charge in [-0.1, -0.05) is 49.6 Å². The predicted molar refractivity (Wildman–Crippen MR) is 127 cm³/mol. The largest absolute Gasteiger partial charge is 0.486 e. The van der Waals surface area contributed by atoms with E-state index in [1.807, 2.05) is 36.4 Å². The first kappa shape index (κ1) is 21.8. The second-order valence-electron chi connectivity index (χ2n) is 8.26. The second-order valence-corrected chi connectivity index (χ2v) is 10.4. The minimum absolute atomic E-state index is 0.0403. The van der Waals surface area contributed by atoms with Crippen LogP contribution in [0.3, 0.4) is 0 Å². The Morgan fingerprint density at radius 2 is 2.03 bits per heavy atom. The van der Waals surface area contributed by atoms with Gasteiger partial charge >= 0.3 is 0 Å². The maximum absolute atomic E-state index is 12.5. The zero-order valence-electron chi connectivity index (χ0n) is 16.6. The van der Waals surface area contributed by atoms with E-state index in [-0.39, 0.29) is 17.2 Å². The van der Waals surface area contributed by atoms with Crippen LogP contribution in [0.1, 0.15) is 43.7 Å². The van der Waals surface area contributed by atoms with Crippen molar-refractivity contribution in [2.45, 2.75) is 39.2 Å². The van der Waals surface area contributed by atoms with Crippen LogP contribution in [0.5, 0.6) is 5.75 Å². The van der Waals surface area contributed by atoms with Gasteiger partial charge in [0.05, 0.1) is 15.2 Å². The fourth-order valence-electron chi connectivity index (χ4n) is 4.65. The zero-order valence-corrected chi connectivity index (χ0v) is 20.6. The van der Waals surface area contributed by atoms with Crippen molar-refractivity contribution in [2.24, 2.45) is 22.4 Å². The van der Waals surface area contributed by atoms with E-state index in [0.717, 1.165) is 32.9 Å². The molecule has 1 N–H and O–H groups in total. The lowest BCUT2D eigenvalue weighted by Gasteiger charge is -2.15. The van der Waals surface area contributed by atoms with Gasteiger partial charge in [-0.3, -0.25) is 4.79 Å². The molecule has 1 amide bonds. The number of fused-ring (bicyclic) bond motifs is 1. The van der Waals surface area contributed by atoms with Crippen LogP contribution in [0.25, 0.3) is 0 Å². The monoisotopic (exact) mass is 552 g/mol. The summed E-state index contributed by atoms with van der Waals surface area (Å²) in [7, 11) is 0.